The number of hydrogen-bond donors (Lipinski definition) is 1. The highest BCUT2D eigenvalue weighted by atomic mass is 32.2. The zero-order valence-electron chi connectivity index (χ0n) is 12.0. The first kappa shape index (κ1) is 14.8. The Hall–Kier alpha value is -1.56. The molecule has 0 spiro atoms. The summed E-state index contributed by atoms with van der Waals surface area (Å²) in [6.07, 6.45) is 2.96. The van der Waals surface area contributed by atoms with Gasteiger partial charge in [0.15, 0.2) is 0 Å². The number of anilines is 2. The summed E-state index contributed by atoms with van der Waals surface area (Å²) in [6.45, 7) is 4.43. The molecule has 0 aromatic heterocycles. The van der Waals surface area contributed by atoms with Crippen molar-refractivity contribution in [3.63, 3.8) is 0 Å². The Morgan fingerprint density at radius 1 is 1.35 bits per heavy atom. The van der Waals surface area contributed by atoms with E-state index in [4.69, 9.17) is 0 Å². The van der Waals surface area contributed by atoms with E-state index in [9.17, 15) is 13.2 Å². The first-order chi connectivity index (χ1) is 9.28. The summed E-state index contributed by atoms with van der Waals surface area (Å²) >= 11 is 0. The molecule has 1 aliphatic rings. The summed E-state index contributed by atoms with van der Waals surface area (Å²) in [5.41, 5.74) is 2.41. The molecule has 0 radical (unpaired) electrons. The van der Waals surface area contributed by atoms with E-state index in [2.05, 4.69) is 4.72 Å². The maximum atomic E-state index is 12.2. The van der Waals surface area contributed by atoms with Crippen molar-refractivity contribution < 1.29 is 13.2 Å². The highest BCUT2D eigenvalue weighted by Gasteiger charge is 2.24. The van der Waals surface area contributed by atoms with Gasteiger partial charge in [0.25, 0.3) is 0 Å². The van der Waals surface area contributed by atoms with Crippen molar-refractivity contribution >= 4 is 27.3 Å². The van der Waals surface area contributed by atoms with Gasteiger partial charge in [0, 0.05) is 18.2 Å². The van der Waals surface area contributed by atoms with Crippen LogP contribution in [0.2, 0.25) is 0 Å². The molecule has 1 aromatic carbocycles. The number of aryl methyl sites for hydroxylation is 1. The second-order valence-corrected chi connectivity index (χ2v) is 7.21. The first-order valence-corrected chi connectivity index (χ1v) is 8.59. The highest BCUT2D eigenvalue weighted by molar-refractivity contribution is 7.92. The first-order valence-electron chi connectivity index (χ1n) is 6.70. The van der Waals surface area contributed by atoms with Crippen LogP contribution in [0.25, 0.3) is 0 Å². The van der Waals surface area contributed by atoms with E-state index < -0.39 is 10.0 Å². The number of amides is 1. The molecule has 20 heavy (non-hydrogen) atoms. The Morgan fingerprint density at radius 2 is 2.05 bits per heavy atom. The molecule has 0 saturated carbocycles. The van der Waals surface area contributed by atoms with Crippen LogP contribution < -0.4 is 9.62 Å². The monoisotopic (exact) mass is 296 g/mol. The van der Waals surface area contributed by atoms with Crippen molar-refractivity contribution in [2.75, 3.05) is 22.4 Å². The maximum Gasteiger partial charge on any atom is 0.229 e. The molecule has 0 unspecified atom stereocenters. The molecule has 1 aliphatic heterocycles. The van der Waals surface area contributed by atoms with Gasteiger partial charge in [0.1, 0.15) is 0 Å². The number of rotatable bonds is 3. The van der Waals surface area contributed by atoms with Crippen LogP contribution in [-0.4, -0.2) is 27.1 Å². The second kappa shape index (κ2) is 5.44. The van der Waals surface area contributed by atoms with Crippen LogP contribution in [0.5, 0.6) is 0 Å². The van der Waals surface area contributed by atoms with E-state index >= 15 is 0 Å². The lowest BCUT2D eigenvalue weighted by molar-refractivity contribution is -0.121. The standard InChI is InChI=1S/C14H20N2O3S/c1-10(2)14(17)16-8-4-5-11-6-7-12(9-13(11)16)15-20(3,18)19/h6-7,9-10,15H,4-5,8H2,1-3H3. The van der Waals surface area contributed by atoms with Gasteiger partial charge in [0.2, 0.25) is 15.9 Å². The Labute approximate surface area is 120 Å². The molecule has 2 rings (SSSR count). The van der Waals surface area contributed by atoms with E-state index in [1.165, 1.54) is 0 Å². The van der Waals surface area contributed by atoms with Gasteiger partial charge in [0.05, 0.1) is 11.9 Å². The summed E-state index contributed by atoms with van der Waals surface area (Å²) in [7, 11) is -3.31. The molecule has 1 amide bonds. The minimum Gasteiger partial charge on any atom is -0.312 e. The molecule has 0 saturated heterocycles. The minimum atomic E-state index is -3.31. The summed E-state index contributed by atoms with van der Waals surface area (Å²) in [6, 6.07) is 5.38. The number of nitrogens with zero attached hydrogens (tertiary/aromatic N) is 1. The molecule has 5 nitrogen and oxygen atoms in total. The Balaban J connectivity index is 2.38. The van der Waals surface area contributed by atoms with Gasteiger partial charge in [-0.3, -0.25) is 9.52 Å². The maximum absolute atomic E-state index is 12.2. The summed E-state index contributed by atoms with van der Waals surface area (Å²) in [4.78, 5) is 14.0. The van der Waals surface area contributed by atoms with Crippen LogP contribution >= 0.6 is 0 Å². The van der Waals surface area contributed by atoms with E-state index in [1.54, 1.807) is 17.0 Å². The predicted molar refractivity (Wildman–Crippen MR) is 80.4 cm³/mol. The molecule has 1 aromatic rings. The molecule has 110 valence electrons. The third-order valence-corrected chi connectivity index (χ3v) is 3.87. The molecule has 0 aliphatic carbocycles. The van der Waals surface area contributed by atoms with Crippen molar-refractivity contribution in [3.05, 3.63) is 23.8 Å². The smallest absolute Gasteiger partial charge is 0.229 e. The fourth-order valence-corrected chi connectivity index (χ4v) is 2.95. The SMILES string of the molecule is CC(C)C(=O)N1CCCc2ccc(NS(C)(=O)=O)cc21. The normalized spacial score (nSPS) is 15.1. The third kappa shape index (κ3) is 3.30. The molecule has 0 atom stereocenters. The van der Waals surface area contributed by atoms with Crippen molar-refractivity contribution in [2.45, 2.75) is 26.7 Å². The molecule has 1 heterocycles. The third-order valence-electron chi connectivity index (χ3n) is 3.27. The largest absolute Gasteiger partial charge is 0.312 e. The molecular formula is C14H20N2O3S. The van der Waals surface area contributed by atoms with E-state index in [1.807, 2.05) is 19.9 Å². The lowest BCUT2D eigenvalue weighted by Gasteiger charge is -2.31. The number of fused-ring (bicyclic) bond motifs is 1. The van der Waals surface area contributed by atoms with E-state index in [0.717, 1.165) is 30.3 Å². The number of hydrogen-bond acceptors (Lipinski definition) is 3. The van der Waals surface area contributed by atoms with Crippen molar-refractivity contribution in [2.24, 2.45) is 5.92 Å². The highest BCUT2D eigenvalue weighted by Crippen LogP contribution is 2.31. The van der Waals surface area contributed by atoms with Gasteiger partial charge in [-0.15, -0.1) is 0 Å². The van der Waals surface area contributed by atoms with E-state index in [-0.39, 0.29) is 11.8 Å². The van der Waals surface area contributed by atoms with Crippen molar-refractivity contribution in [1.82, 2.24) is 0 Å². The van der Waals surface area contributed by atoms with Crippen LogP contribution in [0.15, 0.2) is 18.2 Å². The predicted octanol–water partition coefficient (Wildman–Crippen LogP) is 1.99. The Morgan fingerprint density at radius 3 is 2.65 bits per heavy atom. The molecule has 1 N–H and O–H groups in total. The lowest BCUT2D eigenvalue weighted by Crippen LogP contribution is -2.38. The molecular weight excluding hydrogens is 276 g/mol. The second-order valence-electron chi connectivity index (χ2n) is 5.47. The van der Waals surface area contributed by atoms with Crippen LogP contribution in [0.4, 0.5) is 11.4 Å². The van der Waals surface area contributed by atoms with Crippen molar-refractivity contribution in [3.8, 4) is 0 Å². The average molecular weight is 296 g/mol. The Bertz CT molecular complexity index is 623. The van der Waals surface area contributed by atoms with Crippen LogP contribution in [0, 0.1) is 5.92 Å². The number of nitrogens with one attached hydrogen (secondary N) is 1. The van der Waals surface area contributed by atoms with Gasteiger partial charge < -0.3 is 4.90 Å². The summed E-state index contributed by atoms with van der Waals surface area (Å²) in [5, 5.41) is 0. The zero-order valence-corrected chi connectivity index (χ0v) is 12.8. The number of benzene rings is 1. The van der Waals surface area contributed by atoms with Gasteiger partial charge >= 0.3 is 0 Å². The van der Waals surface area contributed by atoms with Crippen LogP contribution in [0.1, 0.15) is 25.8 Å². The number of carbonyl (C=O) groups is 1. The van der Waals surface area contributed by atoms with Gasteiger partial charge in [-0.05, 0) is 30.5 Å². The zero-order chi connectivity index (χ0) is 14.9. The Kier molecular flexibility index (Phi) is 4.04. The summed E-state index contributed by atoms with van der Waals surface area (Å²) in [5.74, 6) is -0.00470. The molecule has 0 bridgehead atoms. The summed E-state index contributed by atoms with van der Waals surface area (Å²) < 4.78 is 25.1. The average Bonchev–Trinajstić information content (AvgIpc) is 2.35. The van der Waals surface area contributed by atoms with Crippen LogP contribution in [-0.2, 0) is 21.2 Å². The van der Waals surface area contributed by atoms with Gasteiger partial charge in [-0.1, -0.05) is 19.9 Å². The topological polar surface area (TPSA) is 66.5 Å². The number of carbonyl (C=O) groups excluding carboxylic acids is 1. The number of sulfonamides is 1. The molecule has 0 fully saturated rings. The van der Waals surface area contributed by atoms with Crippen LogP contribution in [0.3, 0.4) is 0 Å². The quantitative estimate of drug-likeness (QED) is 0.927. The van der Waals surface area contributed by atoms with Crippen molar-refractivity contribution in [1.29, 1.82) is 0 Å². The molecule has 6 heteroatoms. The minimum absolute atomic E-state index is 0.0717. The fourth-order valence-electron chi connectivity index (χ4n) is 2.39. The van der Waals surface area contributed by atoms with E-state index in [0.29, 0.717) is 12.2 Å². The van der Waals surface area contributed by atoms with Gasteiger partial charge in [-0.25, -0.2) is 8.42 Å². The van der Waals surface area contributed by atoms with Gasteiger partial charge in [-0.2, -0.15) is 0 Å². The fraction of sp³-hybridized carbons (Fsp3) is 0.500. The lowest BCUT2D eigenvalue weighted by atomic mass is 9.99.